The van der Waals surface area contributed by atoms with Crippen molar-refractivity contribution in [2.45, 2.75) is 100 Å². The number of esters is 4. The Hall–Kier alpha value is -5.23. The van der Waals surface area contributed by atoms with Gasteiger partial charge in [-0.2, -0.15) is 0 Å². The summed E-state index contributed by atoms with van der Waals surface area (Å²) in [4.78, 5) is 84.9. The predicted molar refractivity (Wildman–Crippen MR) is 167 cm³/mol. The van der Waals surface area contributed by atoms with Gasteiger partial charge >= 0.3 is 41.8 Å². The molecule has 1 aliphatic heterocycles. The van der Waals surface area contributed by atoms with Gasteiger partial charge in [-0.15, -0.1) is 0 Å². The van der Waals surface area contributed by atoms with Crippen molar-refractivity contribution in [2.24, 2.45) is 11.8 Å². The topological polar surface area (TPSA) is 276 Å². The third kappa shape index (κ3) is 6.74. The lowest BCUT2D eigenvalue weighted by molar-refractivity contribution is -0.185. The summed E-state index contributed by atoms with van der Waals surface area (Å²) in [6.07, 6.45) is -9.38. The number of carboxylic acid groups (broad SMARTS) is 3. The smallest absolute Gasteiger partial charge is 0.348 e. The third-order valence-electron chi connectivity index (χ3n) is 10.2. The molecule has 1 heterocycles. The summed E-state index contributed by atoms with van der Waals surface area (Å²) in [5, 5.41) is 49.0. The molecule has 1 fully saturated rings. The highest BCUT2D eigenvalue weighted by molar-refractivity contribution is 5.89. The van der Waals surface area contributed by atoms with Gasteiger partial charge in [-0.25, -0.2) is 19.2 Å². The highest BCUT2D eigenvalue weighted by atomic mass is 16.6. The molecular formula is C34H38O18. The molecule has 1 aromatic rings. The van der Waals surface area contributed by atoms with Crippen LogP contribution in [-0.4, -0.2) is 111 Å². The van der Waals surface area contributed by atoms with Crippen LogP contribution in [0.1, 0.15) is 63.5 Å². The van der Waals surface area contributed by atoms with Crippen LogP contribution in [0.3, 0.4) is 0 Å². The Morgan fingerprint density at radius 2 is 1.63 bits per heavy atom. The Balaban J connectivity index is 1.37. The number of rotatable bonds is 15. The number of aliphatic hydroxyl groups excluding tert-OH is 1. The maximum atomic E-state index is 13.5. The molecule has 18 heteroatoms. The molecule has 1 spiro atoms. The Kier molecular flexibility index (Phi) is 10.5. The number of carboxylic acids is 3. The Labute approximate surface area is 295 Å². The van der Waals surface area contributed by atoms with Crippen molar-refractivity contribution in [1.82, 2.24) is 0 Å². The molecule has 2 bridgehead atoms. The van der Waals surface area contributed by atoms with Crippen LogP contribution in [0.2, 0.25) is 0 Å². The number of aliphatic carboxylic acids is 3. The summed E-state index contributed by atoms with van der Waals surface area (Å²) in [7, 11) is 1.47. The summed E-state index contributed by atoms with van der Waals surface area (Å²) in [5.74, 6) is -10.0. The first-order valence-corrected chi connectivity index (χ1v) is 16.4. The fraction of sp³-hybridized carbons (Fsp3) is 0.559. The number of carbonyl (C=O) groups is 7. The third-order valence-corrected chi connectivity index (χ3v) is 10.2. The van der Waals surface area contributed by atoms with E-state index in [4.69, 9.17) is 39.0 Å². The maximum absolute atomic E-state index is 13.5. The Bertz CT molecular complexity index is 1720. The molecule has 0 radical (unpaired) electrons. The molecule has 1 aromatic carbocycles. The first-order valence-electron chi connectivity index (χ1n) is 16.4. The standard InChI is InChI=1S/C34H38O18/c1-14-6-8-33-26-16-4-5-19(47-3)27(26)52-28(33)20(7-9-34(33,46)17(14)10-16)49-25(39)13-22(50-24(38)11-18(35)29(40)41)32(45)48-15(2)31(44)51-21(30(42)43)12-23(36)37/h4-5,7,14-15,17-18,21-22,28,35,46H,6,8-13H2,1-3H3,(H,36,37)(H,40,41)(H,42,43)/t14?,15-,17-,18-,21+,22-,28-,33-,34+/m0/s1. The van der Waals surface area contributed by atoms with Crippen molar-refractivity contribution in [3.05, 3.63) is 35.1 Å². The van der Waals surface area contributed by atoms with Gasteiger partial charge in [0.2, 0.25) is 12.2 Å². The summed E-state index contributed by atoms with van der Waals surface area (Å²) < 4.78 is 32.3. The van der Waals surface area contributed by atoms with Gasteiger partial charge in [0.05, 0.1) is 37.4 Å². The zero-order chi connectivity index (χ0) is 38.3. The molecule has 5 rings (SSSR count). The second-order valence-electron chi connectivity index (χ2n) is 13.3. The van der Waals surface area contributed by atoms with E-state index in [2.05, 4.69) is 11.7 Å². The number of hydrogen-bond acceptors (Lipinski definition) is 15. The quantitative estimate of drug-likeness (QED) is 0.120. The molecule has 18 nitrogen and oxygen atoms in total. The van der Waals surface area contributed by atoms with E-state index in [1.807, 2.05) is 6.07 Å². The van der Waals surface area contributed by atoms with E-state index < -0.39 is 103 Å². The number of aliphatic hydroxyl groups is 2. The van der Waals surface area contributed by atoms with Gasteiger partial charge in [0.1, 0.15) is 5.76 Å². The minimum Gasteiger partial charge on any atom is -0.493 e. The lowest BCUT2D eigenvalue weighted by atomic mass is 9.45. The van der Waals surface area contributed by atoms with Gasteiger partial charge in [-0.1, -0.05) is 13.0 Å². The molecule has 282 valence electrons. The van der Waals surface area contributed by atoms with Crippen LogP contribution < -0.4 is 9.47 Å². The van der Waals surface area contributed by atoms with Crippen LogP contribution in [-0.2, 0) is 64.3 Å². The Morgan fingerprint density at radius 1 is 0.923 bits per heavy atom. The van der Waals surface area contributed by atoms with Crippen LogP contribution in [0.5, 0.6) is 11.5 Å². The number of carbonyl (C=O) groups excluding carboxylic acids is 4. The first kappa shape index (κ1) is 38.0. The lowest BCUT2D eigenvalue weighted by Gasteiger charge is -2.61. The monoisotopic (exact) mass is 734 g/mol. The second kappa shape index (κ2) is 14.4. The van der Waals surface area contributed by atoms with Crippen LogP contribution in [0.25, 0.3) is 0 Å². The minimum atomic E-state index is -2.24. The average Bonchev–Trinajstić information content (AvgIpc) is 3.42. The molecule has 4 aliphatic rings. The summed E-state index contributed by atoms with van der Waals surface area (Å²) >= 11 is 0. The average molecular weight is 735 g/mol. The van der Waals surface area contributed by atoms with Crippen LogP contribution in [0.15, 0.2) is 24.0 Å². The van der Waals surface area contributed by atoms with Gasteiger partial charge < -0.3 is 54.0 Å². The molecule has 9 atom stereocenters. The summed E-state index contributed by atoms with van der Waals surface area (Å²) in [6.45, 7) is 3.00. The van der Waals surface area contributed by atoms with E-state index in [0.717, 1.165) is 24.5 Å². The highest BCUT2D eigenvalue weighted by Crippen LogP contribution is 2.68. The number of hydrogen-bond donors (Lipinski definition) is 5. The molecule has 0 saturated heterocycles. The summed E-state index contributed by atoms with van der Waals surface area (Å²) in [5.41, 5.74) is -0.549. The second-order valence-corrected chi connectivity index (χ2v) is 13.3. The van der Waals surface area contributed by atoms with Gasteiger partial charge in [-0.05, 0) is 62.1 Å². The fourth-order valence-electron chi connectivity index (χ4n) is 7.79. The van der Waals surface area contributed by atoms with Gasteiger partial charge in [0, 0.05) is 5.56 Å². The normalized spacial score (nSPS) is 27.2. The zero-order valence-electron chi connectivity index (χ0n) is 28.3. The van der Waals surface area contributed by atoms with E-state index in [-0.39, 0.29) is 24.0 Å². The van der Waals surface area contributed by atoms with E-state index in [1.54, 1.807) is 6.07 Å². The molecule has 3 aliphatic carbocycles. The van der Waals surface area contributed by atoms with Crippen LogP contribution in [0, 0.1) is 11.8 Å². The molecule has 52 heavy (non-hydrogen) atoms. The fourth-order valence-corrected chi connectivity index (χ4v) is 7.79. The van der Waals surface area contributed by atoms with Crippen molar-refractivity contribution in [3.63, 3.8) is 0 Å². The molecule has 1 saturated carbocycles. The Morgan fingerprint density at radius 3 is 2.27 bits per heavy atom. The molecule has 0 amide bonds. The number of ether oxygens (including phenoxy) is 6. The van der Waals surface area contributed by atoms with Crippen LogP contribution in [0.4, 0.5) is 0 Å². The molecule has 1 unspecified atom stereocenters. The number of benzene rings is 1. The van der Waals surface area contributed by atoms with Crippen molar-refractivity contribution >= 4 is 41.8 Å². The van der Waals surface area contributed by atoms with E-state index in [9.17, 15) is 43.8 Å². The van der Waals surface area contributed by atoms with Crippen molar-refractivity contribution in [3.8, 4) is 11.5 Å². The lowest BCUT2D eigenvalue weighted by Crippen LogP contribution is -2.69. The van der Waals surface area contributed by atoms with Crippen molar-refractivity contribution in [2.75, 3.05) is 7.11 Å². The van der Waals surface area contributed by atoms with E-state index in [1.165, 1.54) is 13.2 Å². The minimum absolute atomic E-state index is 0.00362. The summed E-state index contributed by atoms with van der Waals surface area (Å²) in [6, 6.07) is 3.69. The van der Waals surface area contributed by atoms with Gasteiger partial charge in [0.15, 0.2) is 29.8 Å². The zero-order valence-corrected chi connectivity index (χ0v) is 28.3. The SMILES string of the molecule is COc1ccc2c3c1O[C@H]1C(OC(=O)C[C@H](OC(=O)C[C@H](O)C(=O)O)C(=O)O[C@@H](C)C(=O)O[C@H](CC(=O)O)C(=O)O)=CC[C@@]4(O)[C@@H](C2)C(C)CC[C@]314. The van der Waals surface area contributed by atoms with E-state index >= 15 is 0 Å². The molecule has 5 N–H and O–H groups in total. The highest BCUT2D eigenvalue weighted by Gasteiger charge is 2.72. The molecular weight excluding hydrogens is 696 g/mol. The maximum Gasteiger partial charge on any atom is 0.348 e. The van der Waals surface area contributed by atoms with E-state index in [0.29, 0.717) is 24.3 Å². The van der Waals surface area contributed by atoms with Crippen LogP contribution >= 0.6 is 0 Å². The number of methoxy groups -OCH3 is 1. The van der Waals surface area contributed by atoms with Gasteiger partial charge in [0.25, 0.3) is 0 Å². The van der Waals surface area contributed by atoms with Crippen molar-refractivity contribution in [1.29, 1.82) is 0 Å². The predicted octanol–water partition coefficient (Wildman–Crippen LogP) is 0.398. The molecule has 0 aromatic heterocycles. The largest absolute Gasteiger partial charge is 0.493 e. The first-order chi connectivity index (χ1) is 24.4. The van der Waals surface area contributed by atoms with Gasteiger partial charge in [-0.3, -0.25) is 14.4 Å². The van der Waals surface area contributed by atoms with Crippen molar-refractivity contribution < 1.29 is 87.5 Å².